The molecule has 0 bridgehead atoms. The van der Waals surface area contributed by atoms with Crippen molar-refractivity contribution in [3.63, 3.8) is 0 Å². The summed E-state index contributed by atoms with van der Waals surface area (Å²) in [7, 11) is -3.75. The molecule has 0 fully saturated rings. The topological polar surface area (TPSA) is 89.3 Å². The lowest BCUT2D eigenvalue weighted by Gasteiger charge is -2.11. The van der Waals surface area contributed by atoms with Gasteiger partial charge in [0.1, 0.15) is 4.21 Å². The predicted octanol–water partition coefficient (Wildman–Crippen LogP) is 2.26. The van der Waals surface area contributed by atoms with Crippen LogP contribution in [0.3, 0.4) is 0 Å². The third-order valence-corrected chi connectivity index (χ3v) is 6.22. The van der Waals surface area contributed by atoms with Gasteiger partial charge in [0.05, 0.1) is 11.6 Å². The number of amides is 1. The molecule has 5 nitrogen and oxygen atoms in total. The van der Waals surface area contributed by atoms with Crippen LogP contribution in [0.5, 0.6) is 0 Å². The fourth-order valence-corrected chi connectivity index (χ4v) is 4.09. The second-order valence-corrected chi connectivity index (χ2v) is 8.36. The second kappa shape index (κ2) is 5.65. The lowest BCUT2D eigenvalue weighted by molar-refractivity contribution is 0.0941. The van der Waals surface area contributed by atoms with Crippen LogP contribution in [0, 0.1) is 6.92 Å². The first-order valence-electron chi connectivity index (χ1n) is 5.76. The molecule has 0 saturated heterocycles. The van der Waals surface area contributed by atoms with Crippen molar-refractivity contribution in [3.8, 4) is 0 Å². The molecule has 1 amide bonds. The number of sulfonamides is 1. The van der Waals surface area contributed by atoms with Gasteiger partial charge in [-0.3, -0.25) is 4.79 Å². The average Bonchev–Trinajstić information content (AvgIpc) is 2.95. The number of primary sulfonamides is 1. The van der Waals surface area contributed by atoms with E-state index in [1.807, 2.05) is 26.0 Å². The first kappa shape index (κ1) is 15.2. The van der Waals surface area contributed by atoms with E-state index in [0.29, 0.717) is 5.56 Å². The van der Waals surface area contributed by atoms with Crippen LogP contribution in [0.2, 0.25) is 0 Å². The molecule has 108 valence electrons. The molecule has 0 aliphatic carbocycles. The Labute approximate surface area is 125 Å². The largest absolute Gasteiger partial charge is 0.345 e. The minimum Gasteiger partial charge on any atom is -0.345 e. The van der Waals surface area contributed by atoms with Gasteiger partial charge in [-0.15, -0.1) is 22.7 Å². The number of hydrogen-bond acceptors (Lipinski definition) is 5. The minimum atomic E-state index is -3.75. The zero-order valence-electron chi connectivity index (χ0n) is 10.9. The van der Waals surface area contributed by atoms with E-state index in [1.54, 1.807) is 11.3 Å². The first-order valence-corrected chi connectivity index (χ1v) is 9.00. The summed E-state index contributed by atoms with van der Waals surface area (Å²) < 4.78 is 22.3. The Hall–Kier alpha value is -1.22. The van der Waals surface area contributed by atoms with Crippen LogP contribution in [-0.2, 0) is 10.0 Å². The van der Waals surface area contributed by atoms with Gasteiger partial charge in [-0.2, -0.15) is 0 Å². The molecule has 2 aromatic heterocycles. The van der Waals surface area contributed by atoms with Gasteiger partial charge in [-0.1, -0.05) is 0 Å². The SMILES string of the molecule is Cc1ccc(C(C)NC(=O)c2csc(S(N)(=O)=O)c2)s1. The van der Waals surface area contributed by atoms with Crippen molar-refractivity contribution in [2.45, 2.75) is 24.1 Å². The van der Waals surface area contributed by atoms with Crippen molar-refractivity contribution in [3.05, 3.63) is 38.9 Å². The molecule has 20 heavy (non-hydrogen) atoms. The molecule has 0 aliphatic rings. The van der Waals surface area contributed by atoms with Crippen LogP contribution < -0.4 is 10.5 Å². The van der Waals surface area contributed by atoms with E-state index < -0.39 is 10.0 Å². The van der Waals surface area contributed by atoms with E-state index in [0.717, 1.165) is 16.2 Å². The highest BCUT2D eigenvalue weighted by molar-refractivity contribution is 7.91. The van der Waals surface area contributed by atoms with Crippen molar-refractivity contribution in [2.24, 2.45) is 5.14 Å². The molecule has 2 heterocycles. The van der Waals surface area contributed by atoms with E-state index in [9.17, 15) is 13.2 Å². The summed E-state index contributed by atoms with van der Waals surface area (Å²) in [6.07, 6.45) is 0. The lowest BCUT2D eigenvalue weighted by atomic mass is 10.2. The molecule has 2 rings (SSSR count). The van der Waals surface area contributed by atoms with Crippen LogP contribution in [-0.4, -0.2) is 14.3 Å². The summed E-state index contributed by atoms with van der Waals surface area (Å²) in [4.78, 5) is 14.3. The van der Waals surface area contributed by atoms with Crippen LogP contribution >= 0.6 is 22.7 Å². The van der Waals surface area contributed by atoms with Gasteiger partial charge in [0.25, 0.3) is 5.91 Å². The summed E-state index contributed by atoms with van der Waals surface area (Å²) in [6, 6.07) is 5.13. The molecule has 0 aromatic carbocycles. The zero-order chi connectivity index (χ0) is 14.9. The molecule has 0 saturated carbocycles. The molecule has 0 spiro atoms. The Morgan fingerprint density at radius 2 is 2.10 bits per heavy atom. The van der Waals surface area contributed by atoms with Crippen molar-refractivity contribution in [2.75, 3.05) is 0 Å². The Bertz CT molecular complexity index is 731. The van der Waals surface area contributed by atoms with Crippen LogP contribution in [0.1, 0.15) is 33.1 Å². The highest BCUT2D eigenvalue weighted by atomic mass is 32.2. The highest BCUT2D eigenvalue weighted by Crippen LogP contribution is 2.24. The molecule has 1 unspecified atom stereocenters. The number of nitrogens with one attached hydrogen (secondary N) is 1. The highest BCUT2D eigenvalue weighted by Gasteiger charge is 2.17. The summed E-state index contributed by atoms with van der Waals surface area (Å²) in [5.74, 6) is -0.310. The number of hydrogen-bond donors (Lipinski definition) is 2. The number of carbonyl (C=O) groups is 1. The smallest absolute Gasteiger partial charge is 0.252 e. The predicted molar refractivity (Wildman–Crippen MR) is 80.6 cm³/mol. The van der Waals surface area contributed by atoms with Crippen LogP contribution in [0.15, 0.2) is 27.8 Å². The summed E-state index contributed by atoms with van der Waals surface area (Å²) in [5.41, 5.74) is 0.305. The minimum absolute atomic E-state index is 0.0118. The number of thiophene rings is 2. The summed E-state index contributed by atoms with van der Waals surface area (Å²) >= 11 is 2.56. The van der Waals surface area contributed by atoms with Crippen LogP contribution in [0.25, 0.3) is 0 Å². The number of rotatable bonds is 4. The van der Waals surface area contributed by atoms with Gasteiger partial charge in [-0.05, 0) is 32.0 Å². The van der Waals surface area contributed by atoms with E-state index in [4.69, 9.17) is 5.14 Å². The molecule has 2 aromatic rings. The van der Waals surface area contributed by atoms with Crippen LogP contribution in [0.4, 0.5) is 0 Å². The Morgan fingerprint density at radius 1 is 1.40 bits per heavy atom. The van der Waals surface area contributed by atoms with Gasteiger partial charge < -0.3 is 5.32 Å². The molecular formula is C12H14N2O3S3. The molecule has 0 radical (unpaired) electrons. The number of carbonyl (C=O) groups excluding carboxylic acids is 1. The standard InChI is InChI=1S/C12H14N2O3S3/c1-7-3-4-10(19-7)8(2)14-12(15)9-5-11(18-6-9)20(13,16)17/h3-6,8H,1-2H3,(H,14,15)(H2,13,16,17). The van der Waals surface area contributed by atoms with E-state index in [-0.39, 0.29) is 16.2 Å². The second-order valence-electron chi connectivity index (χ2n) is 4.34. The maximum atomic E-state index is 12.0. The van der Waals surface area contributed by atoms with Gasteiger partial charge in [0.15, 0.2) is 0 Å². The van der Waals surface area contributed by atoms with Gasteiger partial charge >= 0.3 is 0 Å². The lowest BCUT2D eigenvalue weighted by Crippen LogP contribution is -2.25. The Kier molecular flexibility index (Phi) is 4.28. The molecule has 8 heteroatoms. The molecule has 3 N–H and O–H groups in total. The number of aryl methyl sites for hydroxylation is 1. The number of nitrogens with two attached hydrogens (primary N) is 1. The maximum Gasteiger partial charge on any atom is 0.252 e. The van der Waals surface area contributed by atoms with Gasteiger partial charge in [0, 0.05) is 15.1 Å². The van der Waals surface area contributed by atoms with E-state index >= 15 is 0 Å². The summed E-state index contributed by atoms with van der Waals surface area (Å²) in [5, 5.41) is 9.34. The van der Waals surface area contributed by atoms with E-state index in [2.05, 4.69) is 5.32 Å². The third kappa shape index (κ3) is 3.45. The normalized spacial score (nSPS) is 13.2. The zero-order valence-corrected chi connectivity index (χ0v) is 13.4. The van der Waals surface area contributed by atoms with Crippen molar-refractivity contribution < 1.29 is 13.2 Å². The average molecular weight is 330 g/mol. The van der Waals surface area contributed by atoms with Crippen molar-refractivity contribution in [1.82, 2.24) is 5.32 Å². The van der Waals surface area contributed by atoms with E-state index in [1.165, 1.54) is 16.3 Å². The molecular weight excluding hydrogens is 316 g/mol. The third-order valence-electron chi connectivity index (χ3n) is 2.65. The van der Waals surface area contributed by atoms with Gasteiger partial charge in [-0.25, -0.2) is 13.6 Å². The maximum absolute atomic E-state index is 12.0. The van der Waals surface area contributed by atoms with Gasteiger partial charge in [0.2, 0.25) is 10.0 Å². The fraction of sp³-hybridized carbons (Fsp3) is 0.250. The molecule has 1 atom stereocenters. The summed E-state index contributed by atoms with van der Waals surface area (Å²) in [6.45, 7) is 3.89. The quantitative estimate of drug-likeness (QED) is 0.901. The van der Waals surface area contributed by atoms with Crippen molar-refractivity contribution >= 4 is 38.6 Å². The fourth-order valence-electron chi connectivity index (χ4n) is 1.62. The first-order chi connectivity index (χ1) is 9.27. The molecule has 0 aliphatic heterocycles. The van der Waals surface area contributed by atoms with Crippen molar-refractivity contribution in [1.29, 1.82) is 0 Å². The Balaban J connectivity index is 2.10. The monoisotopic (exact) mass is 330 g/mol. The Morgan fingerprint density at radius 3 is 2.60 bits per heavy atom.